The first-order chi connectivity index (χ1) is 10.6. The lowest BCUT2D eigenvalue weighted by Crippen LogP contribution is -2.31. The molecule has 1 aliphatic heterocycles. The van der Waals surface area contributed by atoms with Gasteiger partial charge in [-0.2, -0.15) is 0 Å². The van der Waals surface area contributed by atoms with Gasteiger partial charge in [-0.15, -0.1) is 23.1 Å². The first-order valence-electron chi connectivity index (χ1n) is 6.68. The summed E-state index contributed by atoms with van der Waals surface area (Å²) < 4.78 is 0.907. The topological polar surface area (TPSA) is 37.4 Å². The van der Waals surface area contributed by atoms with Crippen LogP contribution in [0.25, 0.3) is 5.57 Å². The Balaban J connectivity index is 2.06. The number of thiophene rings is 1. The molecule has 2 amide bonds. The second-order valence-electron chi connectivity index (χ2n) is 4.54. The molecular weight excluding hydrogens is 382 g/mol. The molecule has 2 aromatic rings. The highest BCUT2D eigenvalue weighted by atomic mass is 79.9. The van der Waals surface area contributed by atoms with Gasteiger partial charge in [0.2, 0.25) is 0 Å². The van der Waals surface area contributed by atoms with Crippen molar-refractivity contribution in [1.29, 1.82) is 0 Å². The molecule has 22 heavy (non-hydrogen) atoms. The fourth-order valence-electron chi connectivity index (χ4n) is 2.25. The molecule has 1 aromatic carbocycles. The van der Waals surface area contributed by atoms with Crippen molar-refractivity contribution >= 4 is 62.1 Å². The van der Waals surface area contributed by atoms with Crippen LogP contribution in [0, 0.1) is 0 Å². The molecule has 0 radical (unpaired) electrons. The first kappa shape index (κ1) is 15.5. The molecule has 0 N–H and O–H groups in total. The molecule has 112 valence electrons. The van der Waals surface area contributed by atoms with Gasteiger partial charge in [0.05, 0.1) is 16.2 Å². The largest absolute Gasteiger partial charge is 0.272 e. The van der Waals surface area contributed by atoms with E-state index in [0.717, 1.165) is 15.1 Å². The molecule has 0 atom stereocenters. The van der Waals surface area contributed by atoms with Gasteiger partial charge in [0.25, 0.3) is 11.8 Å². The van der Waals surface area contributed by atoms with Crippen LogP contribution in [0.1, 0.15) is 11.8 Å². The second-order valence-corrected chi connectivity index (χ2v) is 7.67. The minimum absolute atomic E-state index is 0.234. The number of hydrogen-bond acceptors (Lipinski definition) is 4. The van der Waals surface area contributed by atoms with Crippen molar-refractivity contribution in [2.45, 2.75) is 6.92 Å². The predicted molar refractivity (Wildman–Crippen MR) is 96.0 cm³/mol. The zero-order chi connectivity index (χ0) is 15.7. The molecule has 0 fully saturated rings. The third kappa shape index (κ3) is 2.66. The number of carbonyl (C=O) groups is 2. The number of thioether (sulfide) groups is 1. The monoisotopic (exact) mass is 393 g/mol. The van der Waals surface area contributed by atoms with Crippen LogP contribution >= 0.6 is 39.0 Å². The minimum Gasteiger partial charge on any atom is -0.268 e. The summed E-state index contributed by atoms with van der Waals surface area (Å²) >= 11 is 6.26. The summed E-state index contributed by atoms with van der Waals surface area (Å²) in [6.07, 6.45) is 0. The van der Waals surface area contributed by atoms with E-state index in [1.807, 2.05) is 36.6 Å². The molecule has 1 aromatic heterocycles. The van der Waals surface area contributed by atoms with Gasteiger partial charge in [0.15, 0.2) is 0 Å². The van der Waals surface area contributed by atoms with Crippen molar-refractivity contribution < 1.29 is 9.59 Å². The number of rotatable bonds is 4. The molecule has 6 heteroatoms. The van der Waals surface area contributed by atoms with E-state index in [0.29, 0.717) is 16.2 Å². The normalized spacial score (nSPS) is 15.1. The van der Waals surface area contributed by atoms with Crippen LogP contribution in [-0.4, -0.2) is 17.6 Å². The van der Waals surface area contributed by atoms with Gasteiger partial charge in [0, 0.05) is 9.35 Å². The van der Waals surface area contributed by atoms with Crippen LogP contribution in [0.5, 0.6) is 0 Å². The van der Waals surface area contributed by atoms with Gasteiger partial charge in [-0.1, -0.05) is 28.9 Å². The maximum Gasteiger partial charge on any atom is 0.272 e. The van der Waals surface area contributed by atoms with E-state index < -0.39 is 0 Å². The third-order valence-electron chi connectivity index (χ3n) is 3.18. The van der Waals surface area contributed by atoms with Crippen LogP contribution in [0.15, 0.2) is 51.2 Å². The molecule has 0 bridgehead atoms. The van der Waals surface area contributed by atoms with Crippen LogP contribution in [-0.2, 0) is 9.59 Å². The quantitative estimate of drug-likeness (QED) is 0.715. The van der Waals surface area contributed by atoms with Crippen LogP contribution in [0.2, 0.25) is 0 Å². The van der Waals surface area contributed by atoms with Crippen LogP contribution < -0.4 is 4.90 Å². The summed E-state index contributed by atoms with van der Waals surface area (Å²) in [6, 6.07) is 11.0. The highest BCUT2D eigenvalue weighted by Crippen LogP contribution is 2.39. The average molecular weight is 394 g/mol. The number of benzene rings is 1. The first-order valence-corrected chi connectivity index (χ1v) is 9.34. The number of nitrogens with zero attached hydrogens (tertiary/aromatic N) is 1. The van der Waals surface area contributed by atoms with Gasteiger partial charge in [0.1, 0.15) is 0 Å². The lowest BCUT2D eigenvalue weighted by Gasteiger charge is -2.15. The van der Waals surface area contributed by atoms with Gasteiger partial charge in [-0.05, 0) is 41.5 Å². The Kier molecular flexibility index (Phi) is 4.52. The van der Waals surface area contributed by atoms with Gasteiger partial charge >= 0.3 is 0 Å². The molecule has 3 rings (SSSR count). The summed E-state index contributed by atoms with van der Waals surface area (Å²) in [5, 5.41) is 1.91. The summed E-state index contributed by atoms with van der Waals surface area (Å²) in [5.74, 6) is 0.269. The van der Waals surface area contributed by atoms with E-state index in [2.05, 4.69) is 15.9 Å². The zero-order valence-corrected chi connectivity index (χ0v) is 14.9. The van der Waals surface area contributed by atoms with Gasteiger partial charge in [-0.3, -0.25) is 9.59 Å². The van der Waals surface area contributed by atoms with Gasteiger partial charge in [-0.25, -0.2) is 4.90 Å². The molecule has 0 saturated heterocycles. The average Bonchev–Trinajstić information content (AvgIpc) is 3.09. The van der Waals surface area contributed by atoms with E-state index in [-0.39, 0.29) is 11.8 Å². The third-order valence-corrected chi connectivity index (χ3v) is 5.55. The van der Waals surface area contributed by atoms with E-state index in [1.165, 1.54) is 28.0 Å². The summed E-state index contributed by atoms with van der Waals surface area (Å²) in [7, 11) is 0. The highest BCUT2D eigenvalue weighted by molar-refractivity contribution is 9.10. The summed E-state index contributed by atoms with van der Waals surface area (Å²) in [4.78, 5) is 28.2. The van der Waals surface area contributed by atoms with E-state index in [1.54, 1.807) is 12.1 Å². The Labute approximate surface area is 145 Å². The fraction of sp³-hybridized carbons (Fsp3) is 0.125. The van der Waals surface area contributed by atoms with Crippen LogP contribution in [0.3, 0.4) is 0 Å². The Hall–Kier alpha value is -1.37. The smallest absolute Gasteiger partial charge is 0.268 e. The molecular formula is C16H12BrNO2S2. The van der Waals surface area contributed by atoms with E-state index >= 15 is 0 Å². The molecule has 0 aliphatic carbocycles. The van der Waals surface area contributed by atoms with Crippen molar-refractivity contribution in [3.8, 4) is 0 Å². The van der Waals surface area contributed by atoms with Crippen molar-refractivity contribution in [2.75, 3.05) is 10.7 Å². The Morgan fingerprint density at radius 2 is 1.86 bits per heavy atom. The molecule has 0 unspecified atom stereocenters. The predicted octanol–water partition coefficient (Wildman–Crippen LogP) is 4.55. The standard InChI is InChI=1S/C16H12BrNO2S2/c1-2-21-14-13(12-4-3-9-22-12)15(19)18(16(14)20)11-7-5-10(17)6-8-11/h3-9H,2H2,1H3. The van der Waals surface area contributed by atoms with Crippen molar-refractivity contribution in [3.05, 3.63) is 56.0 Å². The minimum atomic E-state index is -0.245. The SMILES string of the molecule is CCSC1=C(c2cccs2)C(=O)N(c2ccc(Br)cc2)C1=O. The van der Waals surface area contributed by atoms with Crippen LogP contribution in [0.4, 0.5) is 5.69 Å². The molecule has 0 spiro atoms. The lowest BCUT2D eigenvalue weighted by atomic mass is 10.2. The Morgan fingerprint density at radius 3 is 2.45 bits per heavy atom. The maximum atomic E-state index is 12.8. The number of carbonyl (C=O) groups excluding carboxylic acids is 2. The Bertz CT molecular complexity index is 751. The number of imide groups is 1. The van der Waals surface area contributed by atoms with Crippen molar-refractivity contribution in [2.24, 2.45) is 0 Å². The highest BCUT2D eigenvalue weighted by Gasteiger charge is 2.40. The lowest BCUT2D eigenvalue weighted by molar-refractivity contribution is -0.119. The number of anilines is 1. The summed E-state index contributed by atoms with van der Waals surface area (Å²) in [6.45, 7) is 1.98. The van der Waals surface area contributed by atoms with Gasteiger partial charge < -0.3 is 0 Å². The van der Waals surface area contributed by atoms with Crippen molar-refractivity contribution in [1.82, 2.24) is 0 Å². The van der Waals surface area contributed by atoms with Crippen molar-refractivity contribution in [3.63, 3.8) is 0 Å². The Morgan fingerprint density at radius 1 is 1.14 bits per heavy atom. The number of amides is 2. The van der Waals surface area contributed by atoms with E-state index in [9.17, 15) is 9.59 Å². The fourth-order valence-corrected chi connectivity index (χ4v) is 4.19. The van der Waals surface area contributed by atoms with E-state index in [4.69, 9.17) is 0 Å². The second kappa shape index (κ2) is 6.40. The maximum absolute atomic E-state index is 12.8. The molecule has 3 nitrogen and oxygen atoms in total. The number of halogens is 1. The molecule has 2 heterocycles. The summed E-state index contributed by atoms with van der Waals surface area (Å²) in [5.41, 5.74) is 1.12. The molecule has 0 saturated carbocycles. The molecule has 1 aliphatic rings. The number of hydrogen-bond donors (Lipinski definition) is 0. The zero-order valence-electron chi connectivity index (χ0n) is 11.7.